The number of amides is 1. The van der Waals surface area contributed by atoms with E-state index >= 15 is 0 Å². The van der Waals surface area contributed by atoms with Crippen LogP contribution in [-0.4, -0.2) is 17.6 Å². The van der Waals surface area contributed by atoms with Crippen LogP contribution in [0.15, 0.2) is 11.4 Å². The molecule has 0 saturated heterocycles. The fourth-order valence-electron chi connectivity index (χ4n) is 1.43. The summed E-state index contributed by atoms with van der Waals surface area (Å²) in [6.45, 7) is 6.63. The molecule has 0 aliphatic heterocycles. The van der Waals surface area contributed by atoms with Gasteiger partial charge in [-0.15, -0.1) is 11.3 Å². The molecule has 1 heterocycles. The first-order valence-electron chi connectivity index (χ1n) is 6.50. The minimum Gasteiger partial charge on any atom is -0.395 e. The van der Waals surface area contributed by atoms with Crippen molar-refractivity contribution in [3.8, 4) is 11.8 Å². The van der Waals surface area contributed by atoms with Gasteiger partial charge in [0.1, 0.15) is 0 Å². The van der Waals surface area contributed by atoms with Gasteiger partial charge < -0.3 is 10.4 Å². The number of rotatable bonds is 5. The zero-order valence-electron chi connectivity index (χ0n) is 11.7. The molecule has 0 aromatic carbocycles. The van der Waals surface area contributed by atoms with Crippen LogP contribution in [0.5, 0.6) is 0 Å². The monoisotopic (exact) mass is 279 g/mol. The van der Waals surface area contributed by atoms with Crippen molar-refractivity contribution in [2.24, 2.45) is 11.8 Å². The maximum Gasteiger partial charge on any atom is 0.223 e. The van der Waals surface area contributed by atoms with E-state index in [1.165, 1.54) is 0 Å². The van der Waals surface area contributed by atoms with Crippen LogP contribution in [0.25, 0.3) is 0 Å². The number of hydrogen-bond donors (Lipinski definition) is 2. The van der Waals surface area contributed by atoms with Crippen molar-refractivity contribution in [1.29, 1.82) is 0 Å². The SMILES string of the molecule is CC(C)C(C)C(=O)NCc1sccc1C#CCCO. The summed E-state index contributed by atoms with van der Waals surface area (Å²) < 4.78 is 0. The second-order valence-corrected chi connectivity index (χ2v) is 5.78. The first-order valence-corrected chi connectivity index (χ1v) is 7.38. The average Bonchev–Trinajstić information content (AvgIpc) is 2.82. The van der Waals surface area contributed by atoms with Crippen LogP contribution < -0.4 is 5.32 Å². The van der Waals surface area contributed by atoms with Crippen LogP contribution in [0.2, 0.25) is 0 Å². The van der Waals surface area contributed by atoms with Gasteiger partial charge in [0, 0.05) is 22.8 Å². The van der Waals surface area contributed by atoms with E-state index in [1.807, 2.05) is 32.2 Å². The molecule has 0 fully saturated rings. The van der Waals surface area contributed by atoms with Crippen molar-refractivity contribution in [2.45, 2.75) is 33.7 Å². The van der Waals surface area contributed by atoms with Crippen molar-refractivity contribution in [3.63, 3.8) is 0 Å². The van der Waals surface area contributed by atoms with Gasteiger partial charge in [0.15, 0.2) is 0 Å². The highest BCUT2D eigenvalue weighted by molar-refractivity contribution is 7.10. The zero-order valence-corrected chi connectivity index (χ0v) is 12.5. The second kappa shape index (κ2) is 7.98. The lowest BCUT2D eigenvalue weighted by atomic mass is 9.97. The topological polar surface area (TPSA) is 49.3 Å². The molecule has 1 unspecified atom stereocenters. The lowest BCUT2D eigenvalue weighted by Gasteiger charge is -2.14. The van der Waals surface area contributed by atoms with E-state index in [0.29, 0.717) is 18.9 Å². The lowest BCUT2D eigenvalue weighted by Crippen LogP contribution is -2.31. The van der Waals surface area contributed by atoms with Gasteiger partial charge in [0.2, 0.25) is 5.91 Å². The molecule has 0 bridgehead atoms. The van der Waals surface area contributed by atoms with E-state index in [0.717, 1.165) is 10.4 Å². The van der Waals surface area contributed by atoms with Crippen LogP contribution in [-0.2, 0) is 11.3 Å². The van der Waals surface area contributed by atoms with Gasteiger partial charge in [0.25, 0.3) is 0 Å². The molecular formula is C15H21NO2S. The molecule has 0 spiro atoms. The molecule has 0 aliphatic rings. The van der Waals surface area contributed by atoms with Crippen LogP contribution in [0, 0.1) is 23.7 Å². The Hall–Kier alpha value is -1.31. The Labute approximate surface area is 119 Å². The number of hydrogen-bond acceptors (Lipinski definition) is 3. The number of aliphatic hydroxyl groups is 1. The van der Waals surface area contributed by atoms with Crippen LogP contribution in [0.3, 0.4) is 0 Å². The quantitative estimate of drug-likeness (QED) is 0.813. The maximum absolute atomic E-state index is 11.9. The molecule has 1 aromatic heterocycles. The molecule has 3 nitrogen and oxygen atoms in total. The van der Waals surface area contributed by atoms with Crippen LogP contribution in [0.1, 0.15) is 37.6 Å². The van der Waals surface area contributed by atoms with Crippen LogP contribution >= 0.6 is 11.3 Å². The van der Waals surface area contributed by atoms with Crippen molar-refractivity contribution < 1.29 is 9.90 Å². The third-order valence-corrected chi connectivity index (χ3v) is 3.96. The van der Waals surface area contributed by atoms with E-state index in [4.69, 9.17) is 5.11 Å². The highest BCUT2D eigenvalue weighted by Crippen LogP contribution is 2.16. The smallest absolute Gasteiger partial charge is 0.223 e. The molecule has 1 aromatic rings. The van der Waals surface area contributed by atoms with E-state index in [-0.39, 0.29) is 18.4 Å². The minimum absolute atomic E-state index is 0.0175. The van der Waals surface area contributed by atoms with Gasteiger partial charge in [-0.3, -0.25) is 4.79 Å². The third kappa shape index (κ3) is 5.06. The van der Waals surface area contributed by atoms with Gasteiger partial charge in [-0.05, 0) is 17.4 Å². The number of aliphatic hydroxyl groups excluding tert-OH is 1. The van der Waals surface area contributed by atoms with E-state index < -0.39 is 0 Å². The molecule has 1 amide bonds. The van der Waals surface area contributed by atoms with Crippen molar-refractivity contribution in [1.82, 2.24) is 5.32 Å². The average molecular weight is 279 g/mol. The first-order chi connectivity index (χ1) is 9.06. The number of nitrogens with one attached hydrogen (secondary N) is 1. The third-order valence-electron chi connectivity index (χ3n) is 3.04. The normalized spacial score (nSPS) is 11.8. The van der Waals surface area contributed by atoms with Gasteiger partial charge in [-0.25, -0.2) is 0 Å². The van der Waals surface area contributed by atoms with Crippen molar-refractivity contribution >= 4 is 17.2 Å². The summed E-state index contributed by atoms with van der Waals surface area (Å²) in [5.41, 5.74) is 0.941. The highest BCUT2D eigenvalue weighted by atomic mass is 32.1. The molecule has 1 rings (SSSR count). The molecule has 2 N–H and O–H groups in total. The van der Waals surface area contributed by atoms with Gasteiger partial charge in [-0.2, -0.15) is 0 Å². The Morgan fingerprint density at radius 1 is 1.47 bits per heavy atom. The summed E-state index contributed by atoms with van der Waals surface area (Å²) in [4.78, 5) is 12.9. The van der Waals surface area contributed by atoms with Gasteiger partial charge in [-0.1, -0.05) is 32.6 Å². The summed E-state index contributed by atoms with van der Waals surface area (Å²) in [5, 5.41) is 13.6. The summed E-state index contributed by atoms with van der Waals surface area (Å²) in [6, 6.07) is 1.95. The predicted molar refractivity (Wildman–Crippen MR) is 78.7 cm³/mol. The maximum atomic E-state index is 11.9. The summed E-state index contributed by atoms with van der Waals surface area (Å²) in [5.74, 6) is 6.36. The van der Waals surface area contributed by atoms with Gasteiger partial charge >= 0.3 is 0 Å². The summed E-state index contributed by atoms with van der Waals surface area (Å²) >= 11 is 1.59. The van der Waals surface area contributed by atoms with Crippen LogP contribution in [0.4, 0.5) is 0 Å². The standard InChI is InChI=1S/C15H21NO2S/c1-11(2)12(3)15(18)16-10-14-13(7-9-19-14)6-4-5-8-17/h7,9,11-12,17H,5,8,10H2,1-3H3,(H,16,18). The van der Waals surface area contributed by atoms with E-state index in [1.54, 1.807) is 11.3 Å². The molecule has 0 radical (unpaired) electrons. The predicted octanol–water partition coefficient (Wildman–Crippen LogP) is 2.39. The number of thiophene rings is 1. The van der Waals surface area contributed by atoms with E-state index in [2.05, 4.69) is 17.2 Å². The molecule has 0 aliphatic carbocycles. The highest BCUT2D eigenvalue weighted by Gasteiger charge is 2.16. The summed E-state index contributed by atoms with van der Waals surface area (Å²) in [6.07, 6.45) is 0.478. The fraction of sp³-hybridized carbons (Fsp3) is 0.533. The largest absolute Gasteiger partial charge is 0.395 e. The Morgan fingerprint density at radius 3 is 2.84 bits per heavy atom. The Bertz CT molecular complexity index is 468. The molecule has 1 atom stereocenters. The fourth-order valence-corrected chi connectivity index (χ4v) is 2.20. The van der Waals surface area contributed by atoms with E-state index in [9.17, 15) is 4.79 Å². The zero-order chi connectivity index (χ0) is 14.3. The summed E-state index contributed by atoms with van der Waals surface area (Å²) in [7, 11) is 0. The molecule has 4 heteroatoms. The molecule has 19 heavy (non-hydrogen) atoms. The second-order valence-electron chi connectivity index (χ2n) is 4.78. The molecule has 0 saturated carbocycles. The Balaban J connectivity index is 2.57. The lowest BCUT2D eigenvalue weighted by molar-refractivity contribution is -0.125. The minimum atomic E-state index is 0.0175. The number of carbonyl (C=O) groups is 1. The molecule has 104 valence electrons. The van der Waals surface area contributed by atoms with Crippen molar-refractivity contribution in [2.75, 3.05) is 6.61 Å². The number of carbonyl (C=O) groups excluding carboxylic acids is 1. The Morgan fingerprint density at radius 2 is 2.21 bits per heavy atom. The van der Waals surface area contributed by atoms with Crippen molar-refractivity contribution in [3.05, 3.63) is 21.9 Å². The Kier molecular flexibility index (Phi) is 6.61. The molecular weight excluding hydrogens is 258 g/mol. The van der Waals surface area contributed by atoms with Gasteiger partial charge in [0.05, 0.1) is 13.2 Å². The first kappa shape index (κ1) is 15.7.